The summed E-state index contributed by atoms with van der Waals surface area (Å²) in [5.74, 6) is 1.79. The summed E-state index contributed by atoms with van der Waals surface area (Å²) in [6.07, 6.45) is 9.06. The van der Waals surface area contributed by atoms with Crippen LogP contribution in [0.15, 0.2) is 30.6 Å². The van der Waals surface area contributed by atoms with E-state index >= 15 is 0 Å². The number of aliphatic hydroxyl groups is 1. The van der Waals surface area contributed by atoms with Gasteiger partial charge in [-0.05, 0) is 43.7 Å². The van der Waals surface area contributed by atoms with Crippen LogP contribution in [0, 0.1) is 5.92 Å². The molecule has 2 aromatic heterocycles. The number of nitrogens with zero attached hydrogens (tertiary/aromatic N) is 2. The molecule has 3 rings (SSSR count). The zero-order valence-corrected chi connectivity index (χ0v) is 12.0. The van der Waals surface area contributed by atoms with Gasteiger partial charge in [-0.1, -0.05) is 19.4 Å². The van der Waals surface area contributed by atoms with Gasteiger partial charge in [0.05, 0.1) is 5.60 Å². The minimum Gasteiger partial charge on any atom is -0.388 e. The Labute approximate surface area is 119 Å². The molecule has 2 N–H and O–H groups in total. The van der Waals surface area contributed by atoms with Gasteiger partial charge in [0.25, 0.3) is 0 Å². The molecule has 1 saturated carbocycles. The minimum absolute atomic E-state index is 0.561. The molecule has 0 bridgehead atoms. The van der Waals surface area contributed by atoms with Crippen molar-refractivity contribution in [2.24, 2.45) is 5.92 Å². The first-order valence-electron chi connectivity index (χ1n) is 7.58. The smallest absolute Gasteiger partial charge is 0.138 e. The third-order valence-corrected chi connectivity index (χ3v) is 4.64. The molecule has 0 radical (unpaired) electrons. The van der Waals surface area contributed by atoms with E-state index in [1.807, 2.05) is 28.8 Å². The fourth-order valence-electron chi connectivity index (χ4n) is 3.15. The van der Waals surface area contributed by atoms with Gasteiger partial charge in [0, 0.05) is 18.9 Å². The van der Waals surface area contributed by atoms with Gasteiger partial charge in [0.15, 0.2) is 0 Å². The Morgan fingerprint density at radius 1 is 1.40 bits per heavy atom. The van der Waals surface area contributed by atoms with E-state index in [0.717, 1.165) is 43.1 Å². The van der Waals surface area contributed by atoms with Crippen molar-refractivity contribution in [3.8, 4) is 0 Å². The zero-order valence-electron chi connectivity index (χ0n) is 12.0. The van der Waals surface area contributed by atoms with Crippen LogP contribution in [0.3, 0.4) is 0 Å². The largest absolute Gasteiger partial charge is 0.388 e. The van der Waals surface area contributed by atoms with Crippen molar-refractivity contribution in [2.75, 3.05) is 11.9 Å². The zero-order chi connectivity index (χ0) is 14.0. The number of rotatable bonds is 4. The van der Waals surface area contributed by atoms with Crippen molar-refractivity contribution in [2.45, 2.75) is 44.6 Å². The van der Waals surface area contributed by atoms with Gasteiger partial charge < -0.3 is 10.4 Å². The van der Waals surface area contributed by atoms with Gasteiger partial charge in [-0.3, -0.25) is 4.40 Å². The monoisotopic (exact) mass is 273 g/mol. The van der Waals surface area contributed by atoms with Crippen molar-refractivity contribution in [1.82, 2.24) is 9.38 Å². The Morgan fingerprint density at radius 2 is 2.20 bits per heavy atom. The third-order valence-electron chi connectivity index (χ3n) is 4.64. The number of hydrogen-bond donors (Lipinski definition) is 2. The van der Waals surface area contributed by atoms with Gasteiger partial charge in [-0.25, -0.2) is 4.98 Å². The first kappa shape index (κ1) is 13.4. The summed E-state index contributed by atoms with van der Waals surface area (Å²) in [4.78, 5) is 4.27. The van der Waals surface area contributed by atoms with Gasteiger partial charge in [-0.2, -0.15) is 0 Å². The Bertz CT molecular complexity index is 570. The molecule has 2 aromatic rings. The molecule has 0 atom stereocenters. The summed E-state index contributed by atoms with van der Waals surface area (Å²) in [6.45, 7) is 2.85. The predicted octanol–water partition coefficient (Wildman–Crippen LogP) is 3.08. The van der Waals surface area contributed by atoms with Crippen LogP contribution in [0.4, 0.5) is 5.82 Å². The Balaban J connectivity index is 1.66. The van der Waals surface area contributed by atoms with E-state index in [0.29, 0.717) is 6.54 Å². The molecular weight excluding hydrogens is 250 g/mol. The third kappa shape index (κ3) is 2.66. The SMILES string of the molecule is CCC1CCC(O)(CNc2cccc3nccn23)CC1. The van der Waals surface area contributed by atoms with E-state index < -0.39 is 5.60 Å². The highest BCUT2D eigenvalue weighted by Crippen LogP contribution is 2.33. The maximum absolute atomic E-state index is 10.7. The summed E-state index contributed by atoms with van der Waals surface area (Å²) in [5.41, 5.74) is 0.366. The number of imidazole rings is 1. The molecule has 0 amide bonds. The number of hydrogen-bond acceptors (Lipinski definition) is 3. The molecule has 0 spiro atoms. The molecule has 1 aliphatic rings. The first-order valence-corrected chi connectivity index (χ1v) is 7.58. The second kappa shape index (κ2) is 5.44. The predicted molar refractivity (Wildman–Crippen MR) is 80.9 cm³/mol. The van der Waals surface area contributed by atoms with Crippen LogP contribution in [0.2, 0.25) is 0 Å². The first-order chi connectivity index (χ1) is 9.70. The van der Waals surface area contributed by atoms with E-state index in [9.17, 15) is 5.11 Å². The Kier molecular flexibility index (Phi) is 3.66. The van der Waals surface area contributed by atoms with Gasteiger partial charge in [0.1, 0.15) is 11.5 Å². The van der Waals surface area contributed by atoms with E-state index in [1.54, 1.807) is 6.20 Å². The van der Waals surface area contributed by atoms with Gasteiger partial charge >= 0.3 is 0 Å². The standard InChI is InChI=1S/C16H23N3O/c1-2-13-6-8-16(20,9-7-13)12-18-15-5-3-4-14-17-10-11-19(14)15/h3-5,10-11,13,18,20H,2,6-9,12H2,1H3. The van der Waals surface area contributed by atoms with Crippen LogP contribution in [0.1, 0.15) is 39.0 Å². The number of pyridine rings is 1. The lowest BCUT2D eigenvalue weighted by atomic mass is 9.78. The number of nitrogens with one attached hydrogen (secondary N) is 1. The molecule has 0 unspecified atom stereocenters. The molecule has 108 valence electrons. The molecule has 4 heteroatoms. The van der Waals surface area contributed by atoms with Crippen LogP contribution in [0.5, 0.6) is 0 Å². The second-order valence-corrected chi connectivity index (χ2v) is 6.00. The molecule has 0 aromatic carbocycles. The topological polar surface area (TPSA) is 49.6 Å². The van der Waals surface area contributed by atoms with Crippen LogP contribution < -0.4 is 5.32 Å². The van der Waals surface area contributed by atoms with E-state index in [2.05, 4.69) is 17.2 Å². The molecular formula is C16H23N3O. The average Bonchev–Trinajstić information content (AvgIpc) is 2.95. The summed E-state index contributed by atoms with van der Waals surface area (Å²) in [7, 11) is 0. The van der Waals surface area contributed by atoms with Gasteiger partial charge in [0.2, 0.25) is 0 Å². The molecule has 1 fully saturated rings. The summed E-state index contributed by atoms with van der Waals surface area (Å²) in [6, 6.07) is 5.99. The highest BCUT2D eigenvalue weighted by atomic mass is 16.3. The molecule has 2 heterocycles. The highest BCUT2D eigenvalue weighted by Gasteiger charge is 2.32. The fourth-order valence-corrected chi connectivity index (χ4v) is 3.15. The molecule has 0 aliphatic heterocycles. The van der Waals surface area contributed by atoms with Gasteiger partial charge in [-0.15, -0.1) is 0 Å². The van der Waals surface area contributed by atoms with Crippen LogP contribution in [-0.2, 0) is 0 Å². The summed E-state index contributed by atoms with van der Waals surface area (Å²) < 4.78 is 2.01. The summed E-state index contributed by atoms with van der Waals surface area (Å²) >= 11 is 0. The maximum Gasteiger partial charge on any atom is 0.138 e. The van der Waals surface area contributed by atoms with E-state index in [1.165, 1.54) is 6.42 Å². The van der Waals surface area contributed by atoms with Crippen LogP contribution >= 0.6 is 0 Å². The fraction of sp³-hybridized carbons (Fsp3) is 0.562. The lowest BCUT2D eigenvalue weighted by Crippen LogP contribution is -2.40. The molecule has 4 nitrogen and oxygen atoms in total. The van der Waals surface area contributed by atoms with Crippen molar-refractivity contribution in [3.05, 3.63) is 30.6 Å². The van der Waals surface area contributed by atoms with Crippen molar-refractivity contribution in [3.63, 3.8) is 0 Å². The Morgan fingerprint density at radius 3 is 2.95 bits per heavy atom. The lowest BCUT2D eigenvalue weighted by Gasteiger charge is -2.36. The normalized spacial score (nSPS) is 26.8. The minimum atomic E-state index is -0.561. The molecule has 0 saturated heterocycles. The number of fused-ring (bicyclic) bond motifs is 1. The Hall–Kier alpha value is -1.55. The van der Waals surface area contributed by atoms with E-state index in [4.69, 9.17) is 0 Å². The number of aromatic nitrogens is 2. The highest BCUT2D eigenvalue weighted by molar-refractivity contribution is 5.49. The van der Waals surface area contributed by atoms with Crippen molar-refractivity contribution < 1.29 is 5.11 Å². The van der Waals surface area contributed by atoms with E-state index in [-0.39, 0.29) is 0 Å². The van der Waals surface area contributed by atoms with Crippen LogP contribution in [-0.4, -0.2) is 26.6 Å². The van der Waals surface area contributed by atoms with Crippen LogP contribution in [0.25, 0.3) is 5.65 Å². The molecule has 20 heavy (non-hydrogen) atoms. The quantitative estimate of drug-likeness (QED) is 0.900. The molecule has 1 aliphatic carbocycles. The maximum atomic E-state index is 10.7. The van der Waals surface area contributed by atoms with Crippen molar-refractivity contribution >= 4 is 11.5 Å². The lowest BCUT2D eigenvalue weighted by molar-refractivity contribution is 0.00221. The van der Waals surface area contributed by atoms with Crippen molar-refractivity contribution in [1.29, 1.82) is 0 Å². The summed E-state index contributed by atoms with van der Waals surface area (Å²) in [5, 5.41) is 14.1. The second-order valence-electron chi connectivity index (χ2n) is 6.00. The number of anilines is 1. The average molecular weight is 273 g/mol.